The van der Waals surface area contributed by atoms with E-state index in [0.29, 0.717) is 65.4 Å². The Morgan fingerprint density at radius 2 is 1.09 bits per heavy atom. The number of phenolic OH excluding ortho intramolecular Hbond substituents is 2. The maximum atomic E-state index is 13.4. The zero-order chi connectivity index (χ0) is 39.1. The van der Waals surface area contributed by atoms with E-state index in [1.54, 1.807) is 21.1 Å². The fraction of sp³-hybridized carbons (Fsp3) is 0.574. The number of rotatable bonds is 5. The van der Waals surface area contributed by atoms with Crippen molar-refractivity contribution in [1.29, 1.82) is 0 Å². The molecule has 6 aliphatic carbocycles. The summed E-state index contributed by atoms with van der Waals surface area (Å²) in [5, 5.41) is 43.2. The molecule has 4 N–H and O–H groups in total. The molecule has 0 amide bonds. The number of methoxy groups -OCH3 is 2. The van der Waals surface area contributed by atoms with Crippen LogP contribution in [0.25, 0.3) is 0 Å². The van der Waals surface area contributed by atoms with Gasteiger partial charge in [-0.25, -0.2) is 0 Å². The number of aryl methyl sites for hydroxylation is 2. The highest BCUT2D eigenvalue weighted by molar-refractivity contribution is 6.03. The van der Waals surface area contributed by atoms with Gasteiger partial charge in [0, 0.05) is 16.4 Å². The van der Waals surface area contributed by atoms with E-state index in [9.17, 15) is 30.0 Å². The topological polar surface area (TPSA) is 134 Å². The summed E-state index contributed by atoms with van der Waals surface area (Å²) in [5.41, 5.74) is 2.47. The van der Waals surface area contributed by atoms with Crippen LogP contribution in [-0.2, 0) is 17.6 Å². The van der Waals surface area contributed by atoms with Crippen molar-refractivity contribution in [2.75, 3.05) is 14.2 Å². The average Bonchev–Trinajstić information content (AvgIpc) is 3.63. The van der Waals surface area contributed by atoms with Crippen LogP contribution in [0.5, 0.6) is 23.0 Å². The molecule has 0 spiro atoms. The van der Waals surface area contributed by atoms with Crippen LogP contribution in [0.3, 0.4) is 0 Å². The van der Waals surface area contributed by atoms with E-state index in [1.807, 2.05) is 54.6 Å². The fourth-order valence-electron chi connectivity index (χ4n) is 13.3. The minimum atomic E-state index is -1.29. The van der Waals surface area contributed by atoms with Crippen molar-refractivity contribution in [3.63, 3.8) is 0 Å². The van der Waals surface area contributed by atoms with Crippen molar-refractivity contribution in [2.45, 2.75) is 121 Å². The number of aromatic hydroxyl groups is 2. The molecule has 10 atom stereocenters. The second-order valence-corrected chi connectivity index (χ2v) is 18.2. The first-order chi connectivity index (χ1) is 26.2. The smallest absolute Gasteiger partial charge is 0.194 e. The molecule has 6 aliphatic rings. The van der Waals surface area contributed by atoms with Crippen molar-refractivity contribution in [1.82, 2.24) is 0 Å². The number of benzene rings is 3. The Bertz CT molecular complexity index is 1990. The summed E-state index contributed by atoms with van der Waals surface area (Å²) < 4.78 is 10.7. The third kappa shape index (κ3) is 5.59. The van der Waals surface area contributed by atoms with Gasteiger partial charge in [0.2, 0.25) is 0 Å². The molecular formula is C47H58O8. The van der Waals surface area contributed by atoms with Gasteiger partial charge < -0.3 is 29.9 Å². The summed E-state index contributed by atoms with van der Waals surface area (Å²) in [6.45, 7) is 5.83. The van der Waals surface area contributed by atoms with Gasteiger partial charge in [-0.1, -0.05) is 44.2 Å². The first-order valence-electron chi connectivity index (χ1n) is 20.6. The molecule has 0 aromatic heterocycles. The van der Waals surface area contributed by atoms with Crippen LogP contribution < -0.4 is 9.47 Å². The summed E-state index contributed by atoms with van der Waals surface area (Å²) >= 11 is 0. The van der Waals surface area contributed by atoms with E-state index in [4.69, 9.17) is 9.47 Å². The van der Waals surface area contributed by atoms with Gasteiger partial charge in [0.1, 0.15) is 11.2 Å². The lowest BCUT2D eigenvalue weighted by molar-refractivity contribution is -0.154. The molecule has 2 unspecified atom stereocenters. The lowest BCUT2D eigenvalue weighted by Crippen LogP contribution is -2.55. The zero-order valence-corrected chi connectivity index (χ0v) is 33.1. The number of aliphatic hydroxyl groups is 2. The van der Waals surface area contributed by atoms with Crippen LogP contribution in [0.15, 0.2) is 54.6 Å². The normalized spacial score (nSPS) is 36.7. The van der Waals surface area contributed by atoms with E-state index in [0.717, 1.165) is 64.2 Å². The molecule has 0 saturated heterocycles. The van der Waals surface area contributed by atoms with E-state index >= 15 is 0 Å². The molecule has 294 valence electrons. The SMILES string of the molecule is COc1cc2c(cc1O)CC[C@@H]1[C@@H]2CC[C@@]2(C)[C@H]1CCC2(O)C(=O)c1ccccc1.COc1cc2c(cc1O)CC[C@@H]1[C@@H]2CC[C@@]2(C)[C@H]1CCC2(O)C(C)=O. The zero-order valence-electron chi connectivity index (χ0n) is 33.1. The molecule has 55 heavy (non-hydrogen) atoms. The second-order valence-electron chi connectivity index (χ2n) is 18.2. The molecule has 0 heterocycles. The molecule has 4 fully saturated rings. The second kappa shape index (κ2) is 13.7. The van der Waals surface area contributed by atoms with Gasteiger partial charge in [0.25, 0.3) is 0 Å². The summed E-state index contributed by atoms with van der Waals surface area (Å²) in [6, 6.07) is 17.0. The first kappa shape index (κ1) is 38.0. The Labute approximate surface area is 325 Å². The van der Waals surface area contributed by atoms with E-state index in [2.05, 4.69) is 13.8 Å². The van der Waals surface area contributed by atoms with Gasteiger partial charge in [-0.05, 0) is 166 Å². The fourth-order valence-corrected chi connectivity index (χ4v) is 13.3. The van der Waals surface area contributed by atoms with Crippen molar-refractivity contribution < 1.29 is 39.5 Å². The van der Waals surface area contributed by atoms with E-state index < -0.39 is 16.6 Å². The molecule has 4 saturated carbocycles. The maximum absolute atomic E-state index is 13.4. The van der Waals surface area contributed by atoms with Crippen molar-refractivity contribution in [3.05, 3.63) is 82.4 Å². The predicted octanol–water partition coefficient (Wildman–Crippen LogP) is 8.45. The Morgan fingerprint density at radius 3 is 1.55 bits per heavy atom. The summed E-state index contributed by atoms with van der Waals surface area (Å²) in [5.74, 6) is 3.79. The first-order valence-corrected chi connectivity index (χ1v) is 20.6. The number of hydrogen-bond donors (Lipinski definition) is 4. The Kier molecular flexibility index (Phi) is 9.44. The molecular weight excluding hydrogens is 693 g/mol. The Morgan fingerprint density at radius 1 is 0.636 bits per heavy atom. The molecule has 0 aliphatic heterocycles. The van der Waals surface area contributed by atoms with Crippen molar-refractivity contribution in [3.8, 4) is 23.0 Å². The lowest BCUT2D eigenvalue weighted by Gasteiger charge is -2.52. The Hall–Kier alpha value is -3.88. The molecule has 8 heteroatoms. The van der Waals surface area contributed by atoms with Crippen molar-refractivity contribution >= 4 is 11.6 Å². The van der Waals surface area contributed by atoms with Gasteiger partial charge in [-0.15, -0.1) is 0 Å². The van der Waals surface area contributed by atoms with Gasteiger partial charge in [0.15, 0.2) is 34.6 Å². The van der Waals surface area contributed by atoms with Crippen LogP contribution in [-0.4, -0.2) is 57.4 Å². The van der Waals surface area contributed by atoms with E-state index in [1.165, 1.54) is 22.3 Å². The summed E-state index contributed by atoms with van der Waals surface area (Å²) in [7, 11) is 3.18. The standard InChI is InChI=1S/C26H30O4.C21H28O4/c1-25-12-10-18-19(9-8-17-14-22(27)23(30-2)15-20(17)18)21(25)11-13-26(25,29)24(28)16-6-4-3-5-7-16;1-12(22)21(24)9-7-17-15-5-4-13-10-18(23)19(25-3)11-16(13)14(15)6-8-20(17,21)2/h3-7,14-15,18-19,21,27,29H,8-13H2,1-2H3;10-11,14-15,17,23-24H,4-9H2,1-3H3/t18-,19+,21-,25-,26?;14-,15+,17-,20-,21?/m00/s1. The summed E-state index contributed by atoms with van der Waals surface area (Å²) in [4.78, 5) is 25.6. The highest BCUT2D eigenvalue weighted by atomic mass is 16.5. The molecule has 9 rings (SSSR count). The number of phenols is 2. The molecule has 8 nitrogen and oxygen atoms in total. The number of carbonyl (C=O) groups excluding carboxylic acids is 2. The van der Waals surface area contributed by atoms with Gasteiger partial charge in [-0.2, -0.15) is 0 Å². The number of hydrogen-bond acceptors (Lipinski definition) is 8. The van der Waals surface area contributed by atoms with Crippen LogP contribution in [0.1, 0.15) is 129 Å². The number of fused-ring (bicyclic) bond motifs is 10. The number of carbonyl (C=O) groups is 2. The van der Waals surface area contributed by atoms with Crippen LogP contribution >= 0.6 is 0 Å². The van der Waals surface area contributed by atoms with E-state index in [-0.39, 0.29) is 28.5 Å². The van der Waals surface area contributed by atoms with Gasteiger partial charge in [-0.3, -0.25) is 9.59 Å². The van der Waals surface area contributed by atoms with Gasteiger partial charge in [0.05, 0.1) is 14.2 Å². The third-order valence-corrected chi connectivity index (χ3v) is 16.3. The van der Waals surface area contributed by atoms with Crippen molar-refractivity contribution in [2.24, 2.45) is 34.5 Å². The Balaban J connectivity index is 0.000000158. The molecule has 0 radical (unpaired) electrons. The highest BCUT2D eigenvalue weighted by Crippen LogP contribution is 2.66. The largest absolute Gasteiger partial charge is 0.504 e. The quantitative estimate of drug-likeness (QED) is 0.191. The number of ketones is 2. The maximum Gasteiger partial charge on any atom is 0.194 e. The summed E-state index contributed by atoms with van der Waals surface area (Å²) in [6.07, 6.45) is 10.6. The minimum absolute atomic E-state index is 0.0706. The molecule has 3 aromatic rings. The van der Waals surface area contributed by atoms with Crippen LogP contribution in [0.4, 0.5) is 0 Å². The molecule has 0 bridgehead atoms. The average molecular weight is 751 g/mol. The minimum Gasteiger partial charge on any atom is -0.504 e. The molecule has 3 aromatic carbocycles. The third-order valence-electron chi connectivity index (χ3n) is 16.3. The van der Waals surface area contributed by atoms with Crippen LogP contribution in [0, 0.1) is 34.5 Å². The lowest BCUT2D eigenvalue weighted by atomic mass is 9.52. The monoisotopic (exact) mass is 750 g/mol. The van der Waals surface area contributed by atoms with Crippen LogP contribution in [0.2, 0.25) is 0 Å². The van der Waals surface area contributed by atoms with Gasteiger partial charge >= 0.3 is 0 Å². The number of Topliss-reactive ketones (excluding diaryl/α,β-unsaturated/α-hetero) is 2. The highest BCUT2D eigenvalue weighted by Gasteiger charge is 2.65. The number of ether oxygens (including phenoxy) is 2. The predicted molar refractivity (Wildman–Crippen MR) is 210 cm³/mol.